The van der Waals surface area contributed by atoms with E-state index < -0.39 is 6.04 Å². The summed E-state index contributed by atoms with van der Waals surface area (Å²) in [6.07, 6.45) is 5.48. The number of carbonyl (C=O) groups is 3. The molecule has 1 aromatic carbocycles. The fraction of sp³-hybridized carbons (Fsp3) is 0.455. The zero-order chi connectivity index (χ0) is 20.7. The first-order valence-electron chi connectivity index (χ1n) is 10.1. The summed E-state index contributed by atoms with van der Waals surface area (Å²) >= 11 is 1.40. The molecule has 152 valence electrons. The van der Waals surface area contributed by atoms with Crippen molar-refractivity contribution >= 4 is 44.4 Å². The van der Waals surface area contributed by atoms with Crippen LogP contribution in [0.4, 0.5) is 5.13 Å². The molecule has 0 spiro atoms. The Balaban J connectivity index is 1.60. The second kappa shape index (κ2) is 7.71. The topological polar surface area (TPSA) is 79.4 Å². The smallest absolute Gasteiger partial charge is 0.249 e. The van der Waals surface area contributed by atoms with Crippen LogP contribution < -0.4 is 5.32 Å². The Bertz CT molecular complexity index is 984. The number of imide groups is 1. The molecule has 1 aromatic heterocycles. The van der Waals surface area contributed by atoms with E-state index in [1.807, 2.05) is 51.1 Å². The van der Waals surface area contributed by atoms with E-state index in [1.165, 1.54) is 16.2 Å². The number of aromatic nitrogens is 1. The summed E-state index contributed by atoms with van der Waals surface area (Å²) in [6.45, 7) is 5.95. The van der Waals surface area contributed by atoms with Gasteiger partial charge < -0.3 is 5.32 Å². The number of benzene rings is 1. The summed E-state index contributed by atoms with van der Waals surface area (Å²) in [5, 5.41) is 3.36. The van der Waals surface area contributed by atoms with Gasteiger partial charge in [-0.2, -0.15) is 0 Å². The lowest BCUT2D eigenvalue weighted by Crippen LogP contribution is -2.48. The van der Waals surface area contributed by atoms with E-state index in [1.54, 1.807) is 0 Å². The zero-order valence-corrected chi connectivity index (χ0v) is 17.7. The maximum absolute atomic E-state index is 13.2. The van der Waals surface area contributed by atoms with Crippen LogP contribution in [0.25, 0.3) is 10.2 Å². The molecule has 0 radical (unpaired) electrons. The summed E-state index contributed by atoms with van der Waals surface area (Å²) in [7, 11) is 0. The predicted octanol–water partition coefficient (Wildman–Crippen LogP) is 3.91. The normalized spacial score (nSPS) is 22.4. The Morgan fingerprint density at radius 2 is 1.86 bits per heavy atom. The molecule has 1 saturated heterocycles. The molecule has 0 bridgehead atoms. The number of allylic oxidation sites excluding steroid dienone is 2. The van der Waals surface area contributed by atoms with Crippen molar-refractivity contribution in [2.45, 2.75) is 46.1 Å². The number of carbonyl (C=O) groups excluding carboxylic acids is 3. The van der Waals surface area contributed by atoms with Gasteiger partial charge in [-0.3, -0.25) is 19.3 Å². The van der Waals surface area contributed by atoms with Crippen LogP contribution in [0.1, 0.15) is 38.7 Å². The van der Waals surface area contributed by atoms with Gasteiger partial charge in [-0.1, -0.05) is 49.5 Å². The van der Waals surface area contributed by atoms with Crippen LogP contribution in [0, 0.1) is 24.7 Å². The Kier molecular flexibility index (Phi) is 5.25. The molecule has 0 unspecified atom stereocenters. The SMILES string of the molecule is Cc1cccc2sc(NC(=O)[C@H](CC(C)C)N3C(=O)[C@H]4CC=CC[C@@H]4C3=O)nc12. The molecule has 6 nitrogen and oxygen atoms in total. The Hall–Kier alpha value is -2.54. The van der Waals surface area contributed by atoms with Gasteiger partial charge in [-0.05, 0) is 43.7 Å². The Labute approximate surface area is 174 Å². The van der Waals surface area contributed by atoms with Gasteiger partial charge in [0.25, 0.3) is 0 Å². The molecule has 4 rings (SSSR count). The average Bonchev–Trinajstić information content (AvgIpc) is 3.20. The van der Waals surface area contributed by atoms with Crippen molar-refractivity contribution in [2.75, 3.05) is 5.32 Å². The first kappa shape index (κ1) is 19.8. The van der Waals surface area contributed by atoms with E-state index in [0.29, 0.717) is 24.4 Å². The van der Waals surface area contributed by atoms with Crippen LogP contribution in [0.2, 0.25) is 0 Å². The predicted molar refractivity (Wildman–Crippen MR) is 113 cm³/mol. The number of para-hydroxylation sites is 1. The highest BCUT2D eigenvalue weighted by molar-refractivity contribution is 7.22. The van der Waals surface area contributed by atoms with E-state index in [0.717, 1.165) is 15.8 Å². The molecule has 1 N–H and O–H groups in total. The van der Waals surface area contributed by atoms with Gasteiger partial charge in [-0.15, -0.1) is 0 Å². The van der Waals surface area contributed by atoms with Gasteiger partial charge in [0.2, 0.25) is 17.7 Å². The molecule has 1 aliphatic heterocycles. The number of hydrogen-bond donors (Lipinski definition) is 1. The molecule has 2 heterocycles. The fourth-order valence-corrected chi connectivity index (χ4v) is 5.18. The molecular weight excluding hydrogens is 386 g/mol. The van der Waals surface area contributed by atoms with E-state index in [2.05, 4.69) is 10.3 Å². The molecule has 7 heteroatoms. The van der Waals surface area contributed by atoms with Gasteiger partial charge in [-0.25, -0.2) is 4.98 Å². The van der Waals surface area contributed by atoms with Gasteiger partial charge in [0.1, 0.15) is 6.04 Å². The van der Waals surface area contributed by atoms with Crippen LogP contribution in [0.5, 0.6) is 0 Å². The summed E-state index contributed by atoms with van der Waals surface area (Å²) in [6, 6.07) is 5.09. The fourth-order valence-electron chi connectivity index (χ4n) is 4.24. The maximum atomic E-state index is 13.2. The highest BCUT2D eigenvalue weighted by Gasteiger charge is 2.51. The summed E-state index contributed by atoms with van der Waals surface area (Å²) in [4.78, 5) is 44.9. The third-order valence-electron chi connectivity index (χ3n) is 5.70. The molecule has 3 amide bonds. The monoisotopic (exact) mass is 411 g/mol. The second-order valence-corrected chi connectivity index (χ2v) is 9.31. The van der Waals surface area contributed by atoms with Gasteiger partial charge in [0, 0.05) is 0 Å². The molecule has 2 aromatic rings. The van der Waals surface area contributed by atoms with Crippen molar-refractivity contribution in [3.05, 3.63) is 35.9 Å². The second-order valence-electron chi connectivity index (χ2n) is 8.28. The van der Waals surface area contributed by atoms with Crippen molar-refractivity contribution < 1.29 is 14.4 Å². The molecule has 2 aliphatic rings. The third kappa shape index (κ3) is 3.59. The standard InChI is InChI=1S/C22H25N3O3S/c1-12(2)11-16(25-20(27)14-8-4-5-9-15(14)21(25)28)19(26)24-22-23-18-13(3)7-6-10-17(18)29-22/h4-7,10,12,14-16H,8-9,11H2,1-3H3,(H,23,24,26)/t14-,15-,16-/m0/s1. The molecule has 29 heavy (non-hydrogen) atoms. The molecule has 1 aliphatic carbocycles. The summed E-state index contributed by atoms with van der Waals surface area (Å²) in [5.74, 6) is -1.29. The first-order valence-corrected chi connectivity index (χ1v) is 10.9. The van der Waals surface area contributed by atoms with Crippen molar-refractivity contribution in [1.82, 2.24) is 9.88 Å². The number of anilines is 1. The van der Waals surface area contributed by atoms with Crippen LogP contribution in [-0.4, -0.2) is 33.6 Å². The molecular formula is C22H25N3O3S. The lowest BCUT2D eigenvalue weighted by atomic mass is 9.85. The van der Waals surface area contributed by atoms with E-state index in [9.17, 15) is 14.4 Å². The van der Waals surface area contributed by atoms with Crippen LogP contribution in [-0.2, 0) is 14.4 Å². The number of aryl methyl sites for hydroxylation is 1. The van der Waals surface area contributed by atoms with Gasteiger partial charge >= 0.3 is 0 Å². The minimum Gasteiger partial charge on any atom is -0.300 e. The number of rotatable bonds is 5. The minimum atomic E-state index is -0.811. The largest absolute Gasteiger partial charge is 0.300 e. The van der Waals surface area contributed by atoms with Gasteiger partial charge in [0.05, 0.1) is 22.1 Å². The van der Waals surface area contributed by atoms with E-state index in [-0.39, 0.29) is 35.5 Å². The molecule has 1 fully saturated rings. The van der Waals surface area contributed by atoms with Gasteiger partial charge in [0.15, 0.2) is 5.13 Å². The molecule has 0 saturated carbocycles. The lowest BCUT2D eigenvalue weighted by molar-refractivity contribution is -0.147. The van der Waals surface area contributed by atoms with Crippen molar-refractivity contribution in [2.24, 2.45) is 17.8 Å². The van der Waals surface area contributed by atoms with E-state index in [4.69, 9.17) is 0 Å². The first-order chi connectivity index (χ1) is 13.9. The summed E-state index contributed by atoms with van der Waals surface area (Å²) in [5.41, 5.74) is 1.90. The third-order valence-corrected chi connectivity index (χ3v) is 6.64. The lowest BCUT2D eigenvalue weighted by Gasteiger charge is -2.26. The minimum absolute atomic E-state index is 0.157. The molecule has 3 atom stereocenters. The highest BCUT2D eigenvalue weighted by atomic mass is 32.1. The van der Waals surface area contributed by atoms with Crippen LogP contribution >= 0.6 is 11.3 Å². The Morgan fingerprint density at radius 3 is 2.45 bits per heavy atom. The average molecular weight is 412 g/mol. The van der Waals surface area contributed by atoms with Crippen molar-refractivity contribution in [1.29, 1.82) is 0 Å². The van der Waals surface area contributed by atoms with Crippen molar-refractivity contribution in [3.63, 3.8) is 0 Å². The van der Waals surface area contributed by atoms with Crippen LogP contribution in [0.15, 0.2) is 30.4 Å². The number of likely N-dealkylation sites (tertiary alicyclic amines) is 1. The summed E-state index contributed by atoms with van der Waals surface area (Å²) < 4.78 is 0.992. The maximum Gasteiger partial charge on any atom is 0.249 e. The quantitative estimate of drug-likeness (QED) is 0.598. The number of fused-ring (bicyclic) bond motifs is 2. The number of nitrogens with zero attached hydrogens (tertiary/aromatic N) is 2. The Morgan fingerprint density at radius 1 is 1.21 bits per heavy atom. The van der Waals surface area contributed by atoms with Crippen molar-refractivity contribution in [3.8, 4) is 0 Å². The number of thiazole rings is 1. The number of hydrogen-bond acceptors (Lipinski definition) is 5. The zero-order valence-electron chi connectivity index (χ0n) is 16.8. The number of amides is 3. The highest BCUT2D eigenvalue weighted by Crippen LogP contribution is 2.37. The van der Waals surface area contributed by atoms with E-state index >= 15 is 0 Å². The number of nitrogens with one attached hydrogen (secondary N) is 1. The van der Waals surface area contributed by atoms with Crippen LogP contribution in [0.3, 0.4) is 0 Å².